The van der Waals surface area contributed by atoms with Gasteiger partial charge in [0.05, 0.1) is 24.8 Å². The van der Waals surface area contributed by atoms with Crippen molar-refractivity contribution in [3.05, 3.63) is 95.6 Å². The second kappa shape index (κ2) is 11.3. The van der Waals surface area contributed by atoms with Crippen LogP contribution in [-0.2, 0) is 16.1 Å². The average molecular weight is 436 g/mol. The van der Waals surface area contributed by atoms with Crippen LogP contribution in [0, 0.1) is 0 Å². The quantitative estimate of drug-likeness (QED) is 0.255. The van der Waals surface area contributed by atoms with Gasteiger partial charge in [0, 0.05) is 25.3 Å². The zero-order valence-electron chi connectivity index (χ0n) is 18.2. The summed E-state index contributed by atoms with van der Waals surface area (Å²) in [5, 5.41) is 23.5. The summed E-state index contributed by atoms with van der Waals surface area (Å²) in [4.78, 5) is 18.8. The van der Waals surface area contributed by atoms with E-state index in [0.29, 0.717) is 18.9 Å². The molecule has 1 fully saturated rings. The summed E-state index contributed by atoms with van der Waals surface area (Å²) < 4.78 is 5.46. The third-order valence-corrected chi connectivity index (χ3v) is 5.27. The number of carbonyl (C=O) groups excluding carboxylic acids is 1. The largest absolute Gasteiger partial charge is 0.503 e. The number of amides is 1. The van der Waals surface area contributed by atoms with Crippen molar-refractivity contribution in [1.29, 1.82) is 0 Å². The van der Waals surface area contributed by atoms with Crippen LogP contribution < -0.4 is 5.32 Å². The summed E-state index contributed by atoms with van der Waals surface area (Å²) in [5.74, 6) is -1.88. The highest BCUT2D eigenvalue weighted by Crippen LogP contribution is 2.25. The van der Waals surface area contributed by atoms with Crippen molar-refractivity contribution in [1.82, 2.24) is 10.2 Å². The number of ether oxygens (including phenoxy) is 1. The van der Waals surface area contributed by atoms with Crippen molar-refractivity contribution in [2.75, 3.05) is 26.3 Å². The number of aliphatic hydroxyl groups excluding tert-OH is 2. The Hall–Kier alpha value is -3.42. The molecule has 3 rings (SSSR count). The molecule has 0 aromatic heterocycles. The summed E-state index contributed by atoms with van der Waals surface area (Å²) in [6.45, 7) is 8.34. The molecule has 0 radical (unpaired) electrons. The lowest BCUT2D eigenvalue weighted by atomic mass is 10.0. The van der Waals surface area contributed by atoms with Gasteiger partial charge in [-0.15, -0.1) is 0 Å². The van der Waals surface area contributed by atoms with Gasteiger partial charge in [-0.1, -0.05) is 67.2 Å². The Labute approximate surface area is 188 Å². The van der Waals surface area contributed by atoms with Crippen molar-refractivity contribution >= 4 is 11.6 Å². The monoisotopic (exact) mass is 435 g/mol. The number of morpholine rings is 1. The molecule has 1 aliphatic heterocycles. The smallest absolute Gasteiger partial charge is 0.255 e. The third kappa shape index (κ3) is 6.06. The summed E-state index contributed by atoms with van der Waals surface area (Å²) in [7, 11) is 0. The molecule has 168 valence electrons. The minimum atomic E-state index is -0.649. The van der Waals surface area contributed by atoms with E-state index in [-0.39, 0.29) is 18.2 Å². The molecule has 1 saturated heterocycles. The first-order valence-corrected chi connectivity index (χ1v) is 10.5. The molecule has 2 aromatic rings. The van der Waals surface area contributed by atoms with Gasteiger partial charge in [-0.2, -0.15) is 0 Å². The van der Waals surface area contributed by atoms with Crippen molar-refractivity contribution in [2.24, 2.45) is 4.99 Å². The second-order valence-electron chi connectivity index (χ2n) is 7.53. The maximum absolute atomic E-state index is 12.4. The first-order valence-electron chi connectivity index (χ1n) is 10.5. The molecule has 32 heavy (non-hydrogen) atoms. The van der Waals surface area contributed by atoms with Crippen LogP contribution in [0.4, 0.5) is 0 Å². The number of hydrogen-bond acceptors (Lipinski definition) is 6. The molecule has 1 unspecified atom stereocenters. The lowest BCUT2D eigenvalue weighted by Gasteiger charge is -2.34. The molecule has 0 saturated carbocycles. The number of rotatable bonds is 8. The maximum Gasteiger partial charge on any atom is 0.255 e. The number of aliphatic hydroxyl groups is 2. The number of carbonyl (C=O) groups is 1. The molecule has 7 heteroatoms. The molecular formula is C25H29N3O4. The van der Waals surface area contributed by atoms with Gasteiger partial charge in [-0.25, -0.2) is 4.99 Å². The minimum absolute atomic E-state index is 0.199. The van der Waals surface area contributed by atoms with E-state index in [1.807, 2.05) is 60.7 Å². The standard InChI is InChI=1S/C25H29N3O4/c1-18(24(30)26-17-20-9-5-3-6-10-20)23(29)25(31)27-19(2)22(21-11-7-4-8-12-21)28-13-15-32-16-14-28/h3-12,22,29,31H,1,13-17H2,2H3,(H,26,30)/b25-23-,27-19+. The molecule has 0 bridgehead atoms. The number of aliphatic imine (C=N–C) groups is 1. The van der Waals surface area contributed by atoms with Crippen LogP contribution in [0.25, 0.3) is 0 Å². The van der Waals surface area contributed by atoms with Crippen LogP contribution in [0.1, 0.15) is 24.1 Å². The molecule has 1 amide bonds. The van der Waals surface area contributed by atoms with Crippen LogP contribution in [0.2, 0.25) is 0 Å². The van der Waals surface area contributed by atoms with E-state index in [4.69, 9.17) is 4.74 Å². The SMILES string of the molecule is C=C(C(=O)NCc1ccccc1)/C(O)=C(O)\N=C(/C)C(c1ccccc1)N1CCOCC1. The Morgan fingerprint density at radius 2 is 1.69 bits per heavy atom. The fourth-order valence-electron chi connectivity index (χ4n) is 3.60. The lowest BCUT2D eigenvalue weighted by molar-refractivity contribution is -0.117. The molecule has 7 nitrogen and oxygen atoms in total. The number of hydrogen-bond donors (Lipinski definition) is 3. The highest BCUT2D eigenvalue weighted by molar-refractivity contribution is 5.96. The highest BCUT2D eigenvalue weighted by Gasteiger charge is 2.26. The van der Waals surface area contributed by atoms with Crippen molar-refractivity contribution in [3.63, 3.8) is 0 Å². The predicted molar refractivity (Wildman–Crippen MR) is 124 cm³/mol. The number of nitrogens with zero attached hydrogens (tertiary/aromatic N) is 2. The number of nitrogens with one attached hydrogen (secondary N) is 1. The zero-order chi connectivity index (χ0) is 22.9. The van der Waals surface area contributed by atoms with Gasteiger partial charge in [-0.3, -0.25) is 9.69 Å². The van der Waals surface area contributed by atoms with E-state index in [0.717, 1.165) is 24.2 Å². The van der Waals surface area contributed by atoms with Gasteiger partial charge in [0.25, 0.3) is 11.8 Å². The van der Waals surface area contributed by atoms with Crippen molar-refractivity contribution in [3.8, 4) is 0 Å². The summed E-state index contributed by atoms with van der Waals surface area (Å²) in [6, 6.07) is 19.0. The topological polar surface area (TPSA) is 94.4 Å². The number of benzene rings is 2. The Bertz CT molecular complexity index is 981. The van der Waals surface area contributed by atoms with E-state index < -0.39 is 17.5 Å². The fourth-order valence-corrected chi connectivity index (χ4v) is 3.60. The molecule has 0 spiro atoms. The van der Waals surface area contributed by atoms with E-state index >= 15 is 0 Å². The molecule has 1 aliphatic rings. The van der Waals surface area contributed by atoms with Gasteiger partial charge in [0.1, 0.15) is 0 Å². The summed E-state index contributed by atoms with van der Waals surface area (Å²) in [5.41, 5.74) is 2.26. The van der Waals surface area contributed by atoms with Gasteiger partial charge >= 0.3 is 0 Å². The normalized spacial score (nSPS) is 16.7. The van der Waals surface area contributed by atoms with Crippen LogP contribution in [0.3, 0.4) is 0 Å². The predicted octanol–water partition coefficient (Wildman–Crippen LogP) is 3.68. The lowest BCUT2D eigenvalue weighted by Crippen LogP contribution is -2.41. The first kappa shape index (κ1) is 23.2. The fraction of sp³-hybridized carbons (Fsp3) is 0.280. The third-order valence-electron chi connectivity index (χ3n) is 5.27. The van der Waals surface area contributed by atoms with Gasteiger partial charge in [0.2, 0.25) is 0 Å². The van der Waals surface area contributed by atoms with Gasteiger partial charge in [-0.05, 0) is 18.1 Å². The Morgan fingerprint density at radius 3 is 2.31 bits per heavy atom. The maximum atomic E-state index is 12.4. The van der Waals surface area contributed by atoms with Crippen LogP contribution in [-0.4, -0.2) is 53.0 Å². The molecule has 1 atom stereocenters. The van der Waals surface area contributed by atoms with Crippen LogP contribution in [0.5, 0.6) is 0 Å². The van der Waals surface area contributed by atoms with Crippen molar-refractivity contribution in [2.45, 2.75) is 19.5 Å². The summed E-state index contributed by atoms with van der Waals surface area (Å²) >= 11 is 0. The Kier molecular flexibility index (Phi) is 8.19. The Morgan fingerprint density at radius 1 is 1.09 bits per heavy atom. The second-order valence-corrected chi connectivity index (χ2v) is 7.53. The molecular weight excluding hydrogens is 406 g/mol. The zero-order valence-corrected chi connectivity index (χ0v) is 18.2. The van der Waals surface area contributed by atoms with Gasteiger partial charge < -0.3 is 20.3 Å². The molecule has 0 aliphatic carbocycles. The van der Waals surface area contributed by atoms with Crippen LogP contribution in [0.15, 0.2) is 89.5 Å². The first-order chi connectivity index (χ1) is 15.5. The van der Waals surface area contributed by atoms with Gasteiger partial charge in [0.15, 0.2) is 5.76 Å². The minimum Gasteiger partial charge on any atom is -0.503 e. The molecule has 2 aromatic carbocycles. The van der Waals surface area contributed by atoms with Crippen LogP contribution >= 0.6 is 0 Å². The van der Waals surface area contributed by atoms with E-state index in [2.05, 4.69) is 21.8 Å². The summed E-state index contributed by atoms with van der Waals surface area (Å²) in [6.07, 6.45) is 0. The highest BCUT2D eigenvalue weighted by atomic mass is 16.5. The average Bonchev–Trinajstić information content (AvgIpc) is 2.83. The Balaban J connectivity index is 1.76. The van der Waals surface area contributed by atoms with E-state index in [1.54, 1.807) is 6.92 Å². The van der Waals surface area contributed by atoms with E-state index in [1.165, 1.54) is 0 Å². The molecule has 1 heterocycles. The van der Waals surface area contributed by atoms with Crippen molar-refractivity contribution < 1.29 is 19.7 Å². The van der Waals surface area contributed by atoms with E-state index in [9.17, 15) is 15.0 Å². The molecule has 3 N–H and O–H groups in total.